The molecule has 3 heteroatoms. The first-order valence-electron chi connectivity index (χ1n) is 4.68. The molecule has 3 nitrogen and oxygen atoms in total. The summed E-state index contributed by atoms with van der Waals surface area (Å²) < 4.78 is 0. The number of aliphatic imine (C=N–C) groups is 1. The fourth-order valence-electron chi connectivity index (χ4n) is 1.98. The molecule has 0 unspecified atom stereocenters. The molecule has 0 spiro atoms. The Hall–Kier alpha value is -1.60. The summed E-state index contributed by atoms with van der Waals surface area (Å²) >= 11 is 0. The van der Waals surface area contributed by atoms with Gasteiger partial charge in [0.05, 0.1) is 6.54 Å². The van der Waals surface area contributed by atoms with Crippen molar-refractivity contribution in [2.24, 2.45) is 4.99 Å². The second kappa shape index (κ2) is 3.64. The average molecular weight is 188 g/mol. The predicted molar refractivity (Wildman–Crippen MR) is 55.2 cm³/mol. The standard InChI is InChI=1S/C11H12N2O/c1-13-6-5-9-3-2-4-10(11(9)13)7-12-8-14/h2-4H,5-7H2,1H3. The van der Waals surface area contributed by atoms with Gasteiger partial charge in [0.2, 0.25) is 6.08 Å². The van der Waals surface area contributed by atoms with Crippen molar-refractivity contribution in [3.8, 4) is 0 Å². The first-order valence-corrected chi connectivity index (χ1v) is 4.68. The Labute approximate surface area is 83.1 Å². The molecule has 1 aliphatic rings. The number of benzene rings is 1. The molecule has 0 saturated heterocycles. The highest BCUT2D eigenvalue weighted by molar-refractivity contribution is 5.63. The van der Waals surface area contributed by atoms with Crippen LogP contribution in [0.1, 0.15) is 11.1 Å². The molecule has 0 radical (unpaired) electrons. The SMILES string of the molecule is CN1CCc2cccc(CN=C=O)c21. The average Bonchev–Trinajstić information content (AvgIpc) is 2.58. The van der Waals surface area contributed by atoms with Crippen LogP contribution in [0.5, 0.6) is 0 Å². The van der Waals surface area contributed by atoms with Crippen LogP contribution in [-0.4, -0.2) is 19.7 Å². The third kappa shape index (κ3) is 1.42. The van der Waals surface area contributed by atoms with Crippen molar-refractivity contribution in [3.63, 3.8) is 0 Å². The second-order valence-electron chi connectivity index (χ2n) is 3.50. The minimum absolute atomic E-state index is 0.441. The number of hydrogen-bond donors (Lipinski definition) is 0. The van der Waals surface area contributed by atoms with Crippen LogP contribution >= 0.6 is 0 Å². The van der Waals surface area contributed by atoms with Crippen LogP contribution in [0.15, 0.2) is 23.2 Å². The molecule has 14 heavy (non-hydrogen) atoms. The molecule has 0 aromatic heterocycles. The number of para-hydroxylation sites is 1. The summed E-state index contributed by atoms with van der Waals surface area (Å²) in [5.41, 5.74) is 3.71. The molecular formula is C11H12N2O. The van der Waals surface area contributed by atoms with E-state index in [1.807, 2.05) is 12.1 Å². The predicted octanol–water partition coefficient (Wildman–Crippen LogP) is 1.51. The van der Waals surface area contributed by atoms with Gasteiger partial charge in [-0.2, -0.15) is 0 Å². The second-order valence-corrected chi connectivity index (χ2v) is 3.50. The van der Waals surface area contributed by atoms with Gasteiger partial charge in [0.1, 0.15) is 0 Å². The molecule has 1 aromatic carbocycles. The molecule has 1 aromatic rings. The normalized spacial score (nSPS) is 13.6. The van der Waals surface area contributed by atoms with Gasteiger partial charge in [-0.15, -0.1) is 0 Å². The minimum atomic E-state index is 0.441. The number of fused-ring (bicyclic) bond motifs is 1. The van der Waals surface area contributed by atoms with E-state index in [9.17, 15) is 4.79 Å². The summed E-state index contributed by atoms with van der Waals surface area (Å²) in [6.45, 7) is 1.49. The van der Waals surface area contributed by atoms with Crippen LogP contribution in [0, 0.1) is 0 Å². The quantitative estimate of drug-likeness (QED) is 0.520. The fraction of sp³-hybridized carbons (Fsp3) is 0.364. The van der Waals surface area contributed by atoms with Crippen LogP contribution in [0.3, 0.4) is 0 Å². The van der Waals surface area contributed by atoms with Crippen molar-refractivity contribution in [1.82, 2.24) is 0 Å². The molecule has 0 N–H and O–H groups in total. The lowest BCUT2D eigenvalue weighted by atomic mass is 10.1. The number of anilines is 1. The summed E-state index contributed by atoms with van der Waals surface area (Å²) in [6.07, 6.45) is 2.67. The molecule has 1 heterocycles. The summed E-state index contributed by atoms with van der Waals surface area (Å²) in [5.74, 6) is 0. The zero-order valence-corrected chi connectivity index (χ0v) is 8.16. The monoisotopic (exact) mass is 188 g/mol. The van der Waals surface area contributed by atoms with E-state index in [0.717, 1.165) is 18.5 Å². The van der Waals surface area contributed by atoms with Crippen molar-refractivity contribution in [2.75, 3.05) is 18.5 Å². The fourth-order valence-corrected chi connectivity index (χ4v) is 1.98. The number of hydrogen-bond acceptors (Lipinski definition) is 3. The molecule has 2 rings (SSSR count). The van der Waals surface area contributed by atoms with Gasteiger partial charge in [0.15, 0.2) is 0 Å². The molecule has 0 amide bonds. The van der Waals surface area contributed by atoms with Gasteiger partial charge in [0, 0.05) is 19.3 Å². The third-order valence-corrected chi connectivity index (χ3v) is 2.62. The maximum Gasteiger partial charge on any atom is 0.235 e. The Balaban J connectivity index is 2.41. The van der Waals surface area contributed by atoms with E-state index in [1.54, 1.807) is 6.08 Å². The van der Waals surface area contributed by atoms with E-state index in [0.29, 0.717) is 6.54 Å². The van der Waals surface area contributed by atoms with Gasteiger partial charge < -0.3 is 4.90 Å². The Kier molecular flexibility index (Phi) is 2.33. The van der Waals surface area contributed by atoms with Crippen molar-refractivity contribution < 1.29 is 4.79 Å². The van der Waals surface area contributed by atoms with Gasteiger partial charge in [-0.1, -0.05) is 18.2 Å². The smallest absolute Gasteiger partial charge is 0.235 e. The van der Waals surface area contributed by atoms with Crippen LogP contribution < -0.4 is 4.90 Å². The van der Waals surface area contributed by atoms with Crippen LogP contribution in [0.25, 0.3) is 0 Å². The number of nitrogens with zero attached hydrogens (tertiary/aromatic N) is 2. The number of likely N-dealkylation sites (N-methyl/N-ethyl adjacent to an activating group) is 1. The number of isocyanates is 1. The maximum atomic E-state index is 10.1. The van der Waals surface area contributed by atoms with E-state index >= 15 is 0 Å². The topological polar surface area (TPSA) is 32.7 Å². The van der Waals surface area contributed by atoms with Crippen LogP contribution in [0.4, 0.5) is 5.69 Å². The van der Waals surface area contributed by atoms with Gasteiger partial charge >= 0.3 is 0 Å². The highest BCUT2D eigenvalue weighted by atomic mass is 16.1. The molecule has 0 saturated carbocycles. The van der Waals surface area contributed by atoms with Crippen molar-refractivity contribution >= 4 is 11.8 Å². The lowest BCUT2D eigenvalue weighted by molar-refractivity contribution is 0.563. The van der Waals surface area contributed by atoms with Gasteiger partial charge in [-0.05, 0) is 17.5 Å². The summed E-state index contributed by atoms with van der Waals surface area (Å²) in [4.78, 5) is 15.9. The minimum Gasteiger partial charge on any atom is -0.374 e. The van der Waals surface area contributed by atoms with Crippen LogP contribution in [-0.2, 0) is 17.8 Å². The first-order chi connectivity index (χ1) is 6.83. The zero-order chi connectivity index (χ0) is 9.97. The summed E-state index contributed by atoms with van der Waals surface area (Å²) in [7, 11) is 2.07. The van der Waals surface area contributed by atoms with E-state index in [1.165, 1.54) is 11.3 Å². The zero-order valence-electron chi connectivity index (χ0n) is 8.16. The largest absolute Gasteiger partial charge is 0.374 e. The Morgan fingerprint density at radius 3 is 3.21 bits per heavy atom. The van der Waals surface area contributed by atoms with Crippen molar-refractivity contribution in [3.05, 3.63) is 29.3 Å². The summed E-state index contributed by atoms with van der Waals surface area (Å²) in [5, 5.41) is 0. The van der Waals surface area contributed by atoms with E-state index < -0.39 is 0 Å². The third-order valence-electron chi connectivity index (χ3n) is 2.62. The number of rotatable bonds is 2. The van der Waals surface area contributed by atoms with E-state index in [2.05, 4.69) is 23.0 Å². The Morgan fingerprint density at radius 1 is 1.57 bits per heavy atom. The molecule has 72 valence electrons. The van der Waals surface area contributed by atoms with E-state index in [4.69, 9.17) is 0 Å². The van der Waals surface area contributed by atoms with Crippen molar-refractivity contribution in [2.45, 2.75) is 13.0 Å². The van der Waals surface area contributed by atoms with Crippen molar-refractivity contribution in [1.29, 1.82) is 0 Å². The molecule has 0 fully saturated rings. The molecule has 0 bridgehead atoms. The van der Waals surface area contributed by atoms with Gasteiger partial charge in [-0.3, -0.25) is 0 Å². The number of carbonyl (C=O) groups excluding carboxylic acids is 1. The highest BCUT2D eigenvalue weighted by Gasteiger charge is 2.18. The maximum absolute atomic E-state index is 10.1. The van der Waals surface area contributed by atoms with Gasteiger partial charge in [0.25, 0.3) is 0 Å². The Morgan fingerprint density at radius 2 is 2.43 bits per heavy atom. The molecule has 0 aliphatic carbocycles. The lowest BCUT2D eigenvalue weighted by Crippen LogP contribution is -2.14. The van der Waals surface area contributed by atoms with Crippen LogP contribution in [0.2, 0.25) is 0 Å². The summed E-state index contributed by atoms with van der Waals surface area (Å²) in [6, 6.07) is 6.17. The molecular weight excluding hydrogens is 176 g/mol. The van der Waals surface area contributed by atoms with Gasteiger partial charge in [-0.25, -0.2) is 9.79 Å². The molecule has 0 atom stereocenters. The van der Waals surface area contributed by atoms with E-state index in [-0.39, 0.29) is 0 Å². The molecule has 1 aliphatic heterocycles. The Bertz CT molecular complexity index is 394. The lowest BCUT2D eigenvalue weighted by Gasteiger charge is -2.15. The highest BCUT2D eigenvalue weighted by Crippen LogP contribution is 2.30. The first kappa shape index (κ1) is 8.97.